The third kappa shape index (κ3) is 9.52. The molecule has 4 rings (SSSR count). The molecule has 0 spiro atoms. The van der Waals surface area contributed by atoms with Gasteiger partial charge in [-0.3, -0.25) is 13.9 Å². The minimum atomic E-state index is -4.29. The third-order valence-electron chi connectivity index (χ3n) is 7.78. The molecule has 8 nitrogen and oxygen atoms in total. The number of rotatable bonds is 16. The van der Waals surface area contributed by atoms with Crippen LogP contribution in [-0.2, 0) is 32.6 Å². The number of para-hydroxylation sites is 2. The first-order valence-corrected chi connectivity index (χ1v) is 18.1. The van der Waals surface area contributed by atoms with Gasteiger partial charge in [-0.1, -0.05) is 103 Å². The predicted octanol–water partition coefficient (Wildman–Crippen LogP) is 7.45. The number of hydrogen-bond donors (Lipinski definition) is 1. The maximum absolute atomic E-state index is 14.7. The van der Waals surface area contributed by atoms with E-state index in [9.17, 15) is 18.0 Å². The molecule has 0 aliphatic carbocycles. The number of anilines is 1. The molecule has 0 bridgehead atoms. The van der Waals surface area contributed by atoms with E-state index in [1.54, 1.807) is 61.5 Å². The number of hydrogen-bond acceptors (Lipinski definition) is 5. The van der Waals surface area contributed by atoms with E-state index in [1.165, 1.54) is 17.0 Å². The molecule has 48 heavy (non-hydrogen) atoms. The number of nitrogens with one attached hydrogen (secondary N) is 1. The number of aryl methyl sites for hydroxylation is 1. The molecule has 0 aliphatic heterocycles. The number of carbonyl (C=O) groups is 2. The van der Waals surface area contributed by atoms with E-state index in [1.807, 2.05) is 44.2 Å². The predicted molar refractivity (Wildman–Crippen MR) is 192 cm³/mol. The van der Waals surface area contributed by atoms with Gasteiger partial charge in [-0.25, -0.2) is 8.42 Å². The van der Waals surface area contributed by atoms with Crippen molar-refractivity contribution >= 4 is 50.7 Å². The van der Waals surface area contributed by atoms with E-state index in [0.29, 0.717) is 27.9 Å². The van der Waals surface area contributed by atoms with Crippen molar-refractivity contribution in [3.05, 3.63) is 124 Å². The Bertz CT molecular complexity index is 1790. The second-order valence-corrected chi connectivity index (χ2v) is 14.0. The molecule has 2 amide bonds. The number of unbranched alkanes of at least 4 members (excludes halogenated alkanes) is 1. The minimum absolute atomic E-state index is 0.0117. The molecule has 1 unspecified atom stereocenters. The smallest absolute Gasteiger partial charge is 0.264 e. The zero-order chi connectivity index (χ0) is 34.7. The van der Waals surface area contributed by atoms with Gasteiger partial charge in [0, 0.05) is 29.6 Å². The van der Waals surface area contributed by atoms with Crippen LogP contribution in [0, 0.1) is 6.92 Å². The maximum Gasteiger partial charge on any atom is 0.264 e. The van der Waals surface area contributed by atoms with Gasteiger partial charge in [0.2, 0.25) is 11.8 Å². The summed E-state index contributed by atoms with van der Waals surface area (Å²) in [7, 11) is -4.29. The van der Waals surface area contributed by atoms with Gasteiger partial charge in [-0.05, 0) is 67.8 Å². The van der Waals surface area contributed by atoms with E-state index < -0.39 is 28.5 Å². The Balaban J connectivity index is 1.84. The molecule has 0 aliphatic rings. The number of halogens is 2. The highest BCUT2D eigenvalue weighted by Crippen LogP contribution is 2.33. The molecular weight excluding hydrogens is 669 g/mol. The second kappa shape index (κ2) is 17.4. The SMILES string of the molecule is CCCCNC(=O)C(Cc1ccccc1)N(Cc1ccc(Cl)cc1Cl)C(=O)CN(c1ccccc1OCC)S(=O)(=O)c1ccc(C)cc1. The summed E-state index contributed by atoms with van der Waals surface area (Å²) in [6.45, 7) is 5.71. The minimum Gasteiger partial charge on any atom is -0.492 e. The fraction of sp³-hybridized carbons (Fsp3) is 0.297. The molecule has 4 aromatic carbocycles. The second-order valence-electron chi connectivity index (χ2n) is 11.3. The van der Waals surface area contributed by atoms with Crippen LogP contribution in [0.5, 0.6) is 5.75 Å². The molecule has 0 saturated carbocycles. The van der Waals surface area contributed by atoms with E-state index in [0.717, 1.165) is 28.3 Å². The Kier molecular flexibility index (Phi) is 13.3. The molecule has 0 fully saturated rings. The standard InChI is InChI=1S/C37H41Cl2N3O5S/c1-4-6-22-40-37(44)34(23-28-12-8-7-9-13-28)41(25-29-18-19-30(38)24-32(29)39)36(43)26-42(33-14-10-11-15-35(33)47-5-2)48(45,46)31-20-16-27(3)17-21-31/h7-21,24,34H,4-6,22-23,25-26H2,1-3H3,(H,40,44). The van der Waals surface area contributed by atoms with Crippen LogP contribution in [0.3, 0.4) is 0 Å². The van der Waals surface area contributed by atoms with E-state index in [-0.39, 0.29) is 36.1 Å². The fourth-order valence-corrected chi connectivity index (χ4v) is 7.08. The lowest BCUT2D eigenvalue weighted by molar-refractivity contribution is -0.140. The summed E-state index contributed by atoms with van der Waals surface area (Å²) in [4.78, 5) is 30.1. The number of nitrogens with zero attached hydrogens (tertiary/aromatic N) is 2. The summed E-state index contributed by atoms with van der Waals surface area (Å²) >= 11 is 12.8. The Hall–Kier alpha value is -4.05. The normalized spacial score (nSPS) is 11.9. The number of benzene rings is 4. The molecule has 1 N–H and O–H groups in total. The number of amides is 2. The molecule has 0 aromatic heterocycles. The van der Waals surface area contributed by atoms with Gasteiger partial charge in [0.25, 0.3) is 10.0 Å². The summed E-state index contributed by atoms with van der Waals surface area (Å²) in [6.07, 6.45) is 1.82. The quantitative estimate of drug-likeness (QED) is 0.122. The highest BCUT2D eigenvalue weighted by Gasteiger charge is 2.35. The highest BCUT2D eigenvalue weighted by molar-refractivity contribution is 7.92. The highest BCUT2D eigenvalue weighted by atomic mass is 35.5. The van der Waals surface area contributed by atoms with Crippen LogP contribution >= 0.6 is 23.2 Å². The molecular formula is C37H41Cl2N3O5S. The van der Waals surface area contributed by atoms with Crippen molar-refractivity contribution in [1.29, 1.82) is 0 Å². The van der Waals surface area contributed by atoms with Gasteiger partial charge in [-0.2, -0.15) is 0 Å². The lowest BCUT2D eigenvalue weighted by Gasteiger charge is -2.34. The van der Waals surface area contributed by atoms with Crippen molar-refractivity contribution < 1.29 is 22.7 Å². The van der Waals surface area contributed by atoms with Gasteiger partial charge in [0.15, 0.2) is 0 Å². The average molecular weight is 711 g/mol. The first-order valence-electron chi connectivity index (χ1n) is 15.9. The first kappa shape index (κ1) is 36.8. The summed E-state index contributed by atoms with van der Waals surface area (Å²) < 4.78 is 35.6. The molecule has 4 aromatic rings. The first-order chi connectivity index (χ1) is 23.0. The topological polar surface area (TPSA) is 96.0 Å². The molecule has 1 atom stereocenters. The van der Waals surface area contributed by atoms with Crippen LogP contribution in [0.15, 0.2) is 102 Å². The Labute approximate surface area is 293 Å². The lowest BCUT2D eigenvalue weighted by atomic mass is 10.0. The Morgan fingerprint density at radius 1 is 0.896 bits per heavy atom. The van der Waals surface area contributed by atoms with Crippen LogP contribution in [0.25, 0.3) is 0 Å². The molecule has 254 valence electrons. The van der Waals surface area contributed by atoms with E-state index >= 15 is 0 Å². The van der Waals surface area contributed by atoms with Crippen LogP contribution in [-0.4, -0.2) is 50.9 Å². The van der Waals surface area contributed by atoms with Crippen molar-refractivity contribution in [1.82, 2.24) is 10.2 Å². The Morgan fingerprint density at radius 3 is 2.25 bits per heavy atom. The van der Waals surface area contributed by atoms with Crippen molar-refractivity contribution in [2.24, 2.45) is 0 Å². The number of sulfonamides is 1. The van der Waals surface area contributed by atoms with Crippen molar-refractivity contribution in [2.75, 3.05) is 24.0 Å². The third-order valence-corrected chi connectivity index (χ3v) is 10.1. The van der Waals surface area contributed by atoms with Gasteiger partial charge < -0.3 is 15.0 Å². The van der Waals surface area contributed by atoms with Crippen molar-refractivity contribution in [3.8, 4) is 5.75 Å². The number of carbonyl (C=O) groups excluding carboxylic acids is 2. The van der Waals surface area contributed by atoms with Gasteiger partial charge in [0.1, 0.15) is 18.3 Å². The summed E-state index contributed by atoms with van der Waals surface area (Å²) in [5.74, 6) is -0.656. The van der Waals surface area contributed by atoms with Gasteiger partial charge in [0.05, 0.1) is 17.2 Å². The van der Waals surface area contributed by atoms with E-state index in [4.69, 9.17) is 27.9 Å². The lowest BCUT2D eigenvalue weighted by Crippen LogP contribution is -2.53. The zero-order valence-electron chi connectivity index (χ0n) is 27.4. The Morgan fingerprint density at radius 2 is 1.58 bits per heavy atom. The monoisotopic (exact) mass is 709 g/mol. The van der Waals surface area contributed by atoms with Crippen LogP contribution in [0.1, 0.15) is 43.4 Å². The fourth-order valence-electron chi connectivity index (χ4n) is 5.19. The van der Waals surface area contributed by atoms with Gasteiger partial charge in [-0.15, -0.1) is 0 Å². The van der Waals surface area contributed by atoms with E-state index in [2.05, 4.69) is 5.32 Å². The largest absolute Gasteiger partial charge is 0.492 e. The van der Waals surface area contributed by atoms with Crippen LogP contribution in [0.4, 0.5) is 5.69 Å². The zero-order valence-corrected chi connectivity index (χ0v) is 29.7. The van der Waals surface area contributed by atoms with Crippen LogP contribution in [0.2, 0.25) is 10.0 Å². The number of ether oxygens (including phenoxy) is 1. The molecule has 0 saturated heterocycles. The van der Waals surface area contributed by atoms with Crippen molar-refractivity contribution in [3.63, 3.8) is 0 Å². The van der Waals surface area contributed by atoms with Crippen LogP contribution < -0.4 is 14.4 Å². The molecule has 0 radical (unpaired) electrons. The maximum atomic E-state index is 14.7. The summed E-state index contributed by atoms with van der Waals surface area (Å²) in [5.41, 5.74) is 2.47. The van der Waals surface area contributed by atoms with Gasteiger partial charge >= 0.3 is 0 Å². The average Bonchev–Trinajstić information content (AvgIpc) is 3.07. The summed E-state index contributed by atoms with van der Waals surface area (Å²) in [5, 5.41) is 3.72. The summed E-state index contributed by atoms with van der Waals surface area (Å²) in [6, 6.07) is 26.4. The van der Waals surface area contributed by atoms with Crippen molar-refractivity contribution in [2.45, 2.75) is 57.5 Å². The molecule has 11 heteroatoms. The molecule has 0 heterocycles.